The number of aryl methyl sites for hydroxylation is 1. The van der Waals surface area contributed by atoms with Crippen LogP contribution in [0.15, 0.2) is 12.1 Å². The molecule has 0 saturated carbocycles. The lowest BCUT2D eigenvalue weighted by Crippen LogP contribution is -2.19. The topological polar surface area (TPSA) is 55.8 Å². The van der Waals surface area contributed by atoms with Gasteiger partial charge in [0.05, 0.1) is 19.3 Å². The maximum Gasteiger partial charge on any atom is 0.338 e. The van der Waals surface area contributed by atoms with Crippen LogP contribution in [0.2, 0.25) is 0 Å². The fourth-order valence-corrected chi connectivity index (χ4v) is 2.23. The lowest BCUT2D eigenvalue weighted by atomic mass is 9.79. The third kappa shape index (κ3) is 3.97. The number of aliphatic hydroxyl groups excluding tert-OH is 1. The standard InChI is InChI=1S/C17H26O4/c1-6-12-10-13(16(19)21-9-8-18)11-14(15(12)20-5)17(3,4)7-2/h10-11,18H,6-9H2,1-5H3. The van der Waals surface area contributed by atoms with Crippen molar-refractivity contribution in [2.45, 2.75) is 46.0 Å². The molecule has 0 aliphatic rings. The summed E-state index contributed by atoms with van der Waals surface area (Å²) in [7, 11) is 1.66. The van der Waals surface area contributed by atoms with Crippen molar-refractivity contribution in [1.82, 2.24) is 0 Å². The van der Waals surface area contributed by atoms with Crippen LogP contribution in [-0.2, 0) is 16.6 Å². The van der Waals surface area contributed by atoms with Gasteiger partial charge in [-0.15, -0.1) is 0 Å². The summed E-state index contributed by atoms with van der Waals surface area (Å²) in [6, 6.07) is 3.66. The molecule has 0 aliphatic heterocycles. The maximum absolute atomic E-state index is 12.1. The Bertz CT molecular complexity index is 492. The molecule has 0 aromatic heterocycles. The first-order valence-corrected chi connectivity index (χ1v) is 7.40. The van der Waals surface area contributed by atoms with Gasteiger partial charge in [0.2, 0.25) is 0 Å². The molecule has 118 valence electrons. The van der Waals surface area contributed by atoms with Crippen LogP contribution in [0.5, 0.6) is 5.75 Å². The number of ether oxygens (including phenoxy) is 2. The van der Waals surface area contributed by atoms with Crippen molar-refractivity contribution in [1.29, 1.82) is 0 Å². The van der Waals surface area contributed by atoms with E-state index in [0.29, 0.717) is 5.56 Å². The van der Waals surface area contributed by atoms with E-state index in [1.165, 1.54) is 0 Å². The largest absolute Gasteiger partial charge is 0.496 e. The molecule has 1 rings (SSSR count). The molecular weight excluding hydrogens is 268 g/mol. The number of methoxy groups -OCH3 is 1. The lowest BCUT2D eigenvalue weighted by Gasteiger charge is -2.27. The van der Waals surface area contributed by atoms with Gasteiger partial charge in [0, 0.05) is 5.56 Å². The summed E-state index contributed by atoms with van der Waals surface area (Å²) in [5, 5.41) is 8.77. The normalized spacial score (nSPS) is 11.3. The second kappa shape index (κ2) is 7.46. The van der Waals surface area contributed by atoms with Crippen LogP contribution in [0.3, 0.4) is 0 Å². The first-order chi connectivity index (χ1) is 9.91. The molecular formula is C17H26O4. The summed E-state index contributed by atoms with van der Waals surface area (Å²) in [5.74, 6) is 0.442. The highest BCUT2D eigenvalue weighted by Crippen LogP contribution is 2.37. The Morgan fingerprint density at radius 3 is 2.43 bits per heavy atom. The first kappa shape index (κ1) is 17.5. The van der Waals surface area contributed by atoms with E-state index in [9.17, 15) is 4.79 Å². The van der Waals surface area contributed by atoms with Crippen molar-refractivity contribution >= 4 is 5.97 Å². The number of carbonyl (C=O) groups excluding carboxylic acids is 1. The molecule has 0 aliphatic carbocycles. The van der Waals surface area contributed by atoms with Crippen molar-refractivity contribution in [2.24, 2.45) is 0 Å². The monoisotopic (exact) mass is 294 g/mol. The second-order valence-electron chi connectivity index (χ2n) is 5.67. The molecule has 21 heavy (non-hydrogen) atoms. The van der Waals surface area contributed by atoms with Gasteiger partial charge in [0.15, 0.2) is 0 Å². The van der Waals surface area contributed by atoms with E-state index in [-0.39, 0.29) is 18.6 Å². The summed E-state index contributed by atoms with van der Waals surface area (Å²) in [6.07, 6.45) is 1.71. The summed E-state index contributed by atoms with van der Waals surface area (Å²) in [4.78, 5) is 12.1. The Morgan fingerprint density at radius 2 is 1.95 bits per heavy atom. The average Bonchev–Trinajstić information content (AvgIpc) is 2.50. The third-order valence-corrected chi connectivity index (χ3v) is 3.92. The smallest absolute Gasteiger partial charge is 0.338 e. The Balaban J connectivity index is 3.36. The van der Waals surface area contributed by atoms with Gasteiger partial charge in [-0.2, -0.15) is 0 Å². The van der Waals surface area contributed by atoms with Crippen LogP contribution >= 0.6 is 0 Å². The molecule has 1 N–H and O–H groups in total. The highest BCUT2D eigenvalue weighted by Gasteiger charge is 2.26. The minimum atomic E-state index is -0.408. The van der Waals surface area contributed by atoms with Crippen LogP contribution in [0.25, 0.3) is 0 Å². The van der Waals surface area contributed by atoms with E-state index >= 15 is 0 Å². The number of carbonyl (C=O) groups is 1. The predicted octanol–water partition coefficient (Wildman–Crippen LogP) is 3.09. The number of esters is 1. The molecule has 0 spiro atoms. The Morgan fingerprint density at radius 1 is 1.29 bits per heavy atom. The van der Waals surface area contributed by atoms with Crippen molar-refractivity contribution < 1.29 is 19.4 Å². The highest BCUT2D eigenvalue weighted by atomic mass is 16.5. The maximum atomic E-state index is 12.1. The Kier molecular flexibility index (Phi) is 6.21. The highest BCUT2D eigenvalue weighted by molar-refractivity contribution is 5.90. The van der Waals surface area contributed by atoms with Gasteiger partial charge in [-0.25, -0.2) is 4.79 Å². The quantitative estimate of drug-likeness (QED) is 0.785. The minimum Gasteiger partial charge on any atom is -0.496 e. The molecule has 0 amide bonds. The summed E-state index contributed by atoms with van der Waals surface area (Å²) in [5.41, 5.74) is 2.43. The second-order valence-corrected chi connectivity index (χ2v) is 5.67. The summed E-state index contributed by atoms with van der Waals surface area (Å²) < 4.78 is 10.6. The first-order valence-electron chi connectivity index (χ1n) is 7.40. The van der Waals surface area contributed by atoms with Gasteiger partial charge in [0.1, 0.15) is 12.4 Å². The molecule has 0 radical (unpaired) electrons. The number of benzene rings is 1. The fourth-order valence-electron chi connectivity index (χ4n) is 2.23. The number of rotatable bonds is 7. The van der Waals surface area contributed by atoms with Gasteiger partial charge >= 0.3 is 5.97 Å². The molecule has 0 heterocycles. The van der Waals surface area contributed by atoms with Crippen LogP contribution in [0.1, 0.15) is 55.6 Å². The van der Waals surface area contributed by atoms with Crippen LogP contribution < -0.4 is 4.74 Å². The van der Waals surface area contributed by atoms with Crippen LogP contribution in [-0.4, -0.2) is 31.4 Å². The van der Waals surface area contributed by atoms with Gasteiger partial charge in [-0.05, 0) is 36.0 Å². The van der Waals surface area contributed by atoms with Gasteiger partial charge < -0.3 is 14.6 Å². The van der Waals surface area contributed by atoms with Crippen molar-refractivity contribution in [3.05, 3.63) is 28.8 Å². The molecule has 0 saturated heterocycles. The van der Waals surface area contributed by atoms with Crippen molar-refractivity contribution in [2.75, 3.05) is 20.3 Å². The van der Waals surface area contributed by atoms with Crippen molar-refractivity contribution in [3.63, 3.8) is 0 Å². The van der Waals surface area contributed by atoms with E-state index in [1.807, 2.05) is 19.1 Å². The van der Waals surface area contributed by atoms with E-state index in [2.05, 4.69) is 20.8 Å². The molecule has 0 unspecified atom stereocenters. The molecule has 1 aromatic rings. The Hall–Kier alpha value is -1.55. The van der Waals surface area contributed by atoms with Crippen LogP contribution in [0, 0.1) is 0 Å². The summed E-state index contributed by atoms with van der Waals surface area (Å²) in [6.45, 7) is 8.25. The zero-order chi connectivity index (χ0) is 16.0. The van der Waals surface area contributed by atoms with Gasteiger partial charge in [-0.3, -0.25) is 0 Å². The SMILES string of the molecule is CCc1cc(C(=O)OCCO)cc(C(C)(C)CC)c1OC. The van der Waals surface area contributed by atoms with Gasteiger partial charge in [0.25, 0.3) is 0 Å². The number of hydrogen-bond acceptors (Lipinski definition) is 4. The number of hydrogen-bond donors (Lipinski definition) is 1. The summed E-state index contributed by atoms with van der Waals surface area (Å²) >= 11 is 0. The fraction of sp³-hybridized carbons (Fsp3) is 0.588. The molecule has 4 nitrogen and oxygen atoms in total. The van der Waals surface area contributed by atoms with E-state index < -0.39 is 5.97 Å². The van der Waals surface area contributed by atoms with Crippen molar-refractivity contribution in [3.8, 4) is 5.75 Å². The lowest BCUT2D eigenvalue weighted by molar-refractivity contribution is 0.0433. The van der Waals surface area contributed by atoms with E-state index in [1.54, 1.807) is 7.11 Å². The Labute approximate surface area is 127 Å². The van der Waals surface area contributed by atoms with Crippen LogP contribution in [0.4, 0.5) is 0 Å². The third-order valence-electron chi connectivity index (χ3n) is 3.92. The molecule has 1 aromatic carbocycles. The molecule has 0 fully saturated rings. The van der Waals surface area contributed by atoms with E-state index in [0.717, 1.165) is 29.7 Å². The number of aliphatic hydroxyl groups is 1. The average molecular weight is 294 g/mol. The minimum absolute atomic E-state index is 0.0127. The molecule has 0 atom stereocenters. The van der Waals surface area contributed by atoms with E-state index in [4.69, 9.17) is 14.6 Å². The predicted molar refractivity (Wildman–Crippen MR) is 83.1 cm³/mol. The zero-order valence-electron chi connectivity index (χ0n) is 13.7. The molecule has 0 bridgehead atoms. The van der Waals surface area contributed by atoms with Gasteiger partial charge in [-0.1, -0.05) is 27.7 Å². The molecule has 4 heteroatoms. The zero-order valence-corrected chi connectivity index (χ0v) is 13.7.